The third-order valence-electron chi connectivity index (χ3n) is 4.14. The normalized spacial score (nSPS) is 11.5. The standard InChI is InChI=1S/C19H17N5O3S2/c1-12-3-5-14(6-4-12)17-11-28-19-21-18(22-24(17)19)23-29(26,27)16-9-7-15(8-10-16)20-13(2)25/h3-11H,1-2H3,(H,20,25)(H,22,23). The van der Waals surface area contributed by atoms with Gasteiger partial charge < -0.3 is 5.32 Å². The molecule has 0 fully saturated rings. The Morgan fingerprint density at radius 2 is 1.76 bits per heavy atom. The highest BCUT2D eigenvalue weighted by molar-refractivity contribution is 7.92. The molecule has 29 heavy (non-hydrogen) atoms. The largest absolute Gasteiger partial charge is 0.326 e. The van der Waals surface area contributed by atoms with E-state index in [1.54, 1.807) is 4.52 Å². The maximum atomic E-state index is 12.6. The number of anilines is 2. The molecule has 0 unspecified atom stereocenters. The number of aromatic nitrogens is 3. The number of nitrogens with zero attached hydrogens (tertiary/aromatic N) is 3. The highest BCUT2D eigenvalue weighted by atomic mass is 32.2. The number of carbonyl (C=O) groups excluding carboxylic acids is 1. The van der Waals surface area contributed by atoms with Gasteiger partial charge in [-0.25, -0.2) is 17.7 Å². The summed E-state index contributed by atoms with van der Waals surface area (Å²) < 4.78 is 29.3. The molecule has 8 nitrogen and oxygen atoms in total. The van der Waals surface area contributed by atoms with Crippen LogP contribution >= 0.6 is 11.3 Å². The molecule has 4 rings (SSSR count). The van der Waals surface area contributed by atoms with Crippen LogP contribution in [-0.2, 0) is 14.8 Å². The summed E-state index contributed by atoms with van der Waals surface area (Å²) in [7, 11) is -3.86. The zero-order valence-corrected chi connectivity index (χ0v) is 17.2. The first-order chi connectivity index (χ1) is 13.8. The lowest BCUT2D eigenvalue weighted by molar-refractivity contribution is -0.114. The Balaban J connectivity index is 1.60. The second kappa shape index (κ2) is 7.30. The topological polar surface area (TPSA) is 105 Å². The minimum absolute atomic E-state index is 0.00357. The van der Waals surface area contributed by atoms with E-state index in [1.165, 1.54) is 42.5 Å². The van der Waals surface area contributed by atoms with Gasteiger partial charge in [-0.05, 0) is 31.2 Å². The summed E-state index contributed by atoms with van der Waals surface area (Å²) in [6.07, 6.45) is 0. The number of carbonyl (C=O) groups is 1. The van der Waals surface area contributed by atoms with Crippen LogP contribution in [0.4, 0.5) is 11.6 Å². The molecule has 0 bridgehead atoms. The molecular weight excluding hydrogens is 410 g/mol. The number of nitrogens with one attached hydrogen (secondary N) is 2. The van der Waals surface area contributed by atoms with E-state index in [4.69, 9.17) is 0 Å². The predicted octanol–water partition coefficient (Wildman–Crippen LogP) is 3.53. The van der Waals surface area contributed by atoms with Crippen LogP contribution in [0.5, 0.6) is 0 Å². The van der Waals surface area contributed by atoms with Crippen molar-refractivity contribution in [1.82, 2.24) is 14.6 Å². The highest BCUT2D eigenvalue weighted by Gasteiger charge is 2.19. The fourth-order valence-electron chi connectivity index (χ4n) is 2.75. The smallest absolute Gasteiger partial charge is 0.264 e. The van der Waals surface area contributed by atoms with E-state index in [9.17, 15) is 13.2 Å². The molecule has 0 aliphatic carbocycles. The van der Waals surface area contributed by atoms with Gasteiger partial charge in [-0.1, -0.05) is 29.8 Å². The zero-order valence-electron chi connectivity index (χ0n) is 15.6. The minimum atomic E-state index is -3.86. The Kier molecular flexibility index (Phi) is 4.81. The van der Waals surface area contributed by atoms with Crippen molar-refractivity contribution in [3.8, 4) is 11.3 Å². The number of sulfonamides is 1. The predicted molar refractivity (Wildman–Crippen MR) is 113 cm³/mol. The number of benzene rings is 2. The number of hydrogen-bond donors (Lipinski definition) is 2. The fourth-order valence-corrected chi connectivity index (χ4v) is 4.52. The third kappa shape index (κ3) is 3.98. The fraction of sp³-hybridized carbons (Fsp3) is 0.105. The van der Waals surface area contributed by atoms with Crippen molar-refractivity contribution >= 4 is 43.9 Å². The van der Waals surface area contributed by atoms with Gasteiger partial charge in [-0.15, -0.1) is 16.4 Å². The molecule has 0 spiro atoms. The maximum Gasteiger partial charge on any atom is 0.264 e. The first kappa shape index (κ1) is 19.1. The second-order valence-electron chi connectivity index (χ2n) is 6.43. The lowest BCUT2D eigenvalue weighted by atomic mass is 10.1. The van der Waals surface area contributed by atoms with E-state index in [0.29, 0.717) is 10.6 Å². The van der Waals surface area contributed by atoms with Crippen molar-refractivity contribution in [3.63, 3.8) is 0 Å². The van der Waals surface area contributed by atoms with E-state index in [2.05, 4.69) is 20.1 Å². The molecule has 0 radical (unpaired) electrons. The van der Waals surface area contributed by atoms with Gasteiger partial charge in [0.2, 0.25) is 10.9 Å². The first-order valence-corrected chi connectivity index (χ1v) is 11.0. The van der Waals surface area contributed by atoms with Crippen molar-refractivity contribution in [3.05, 3.63) is 59.5 Å². The molecule has 4 aromatic rings. The molecular formula is C19H17N5O3S2. The van der Waals surface area contributed by atoms with E-state index in [0.717, 1.165) is 16.8 Å². The van der Waals surface area contributed by atoms with E-state index in [1.807, 2.05) is 36.6 Å². The van der Waals surface area contributed by atoms with Crippen molar-refractivity contribution in [2.24, 2.45) is 0 Å². The molecule has 2 N–H and O–H groups in total. The second-order valence-corrected chi connectivity index (χ2v) is 8.95. The Morgan fingerprint density at radius 1 is 1.07 bits per heavy atom. The van der Waals surface area contributed by atoms with Crippen LogP contribution in [0.1, 0.15) is 12.5 Å². The van der Waals surface area contributed by atoms with Gasteiger partial charge in [0.05, 0.1) is 10.6 Å². The number of rotatable bonds is 5. The average Bonchev–Trinajstić information content (AvgIpc) is 3.22. The summed E-state index contributed by atoms with van der Waals surface area (Å²) in [5.41, 5.74) is 3.47. The van der Waals surface area contributed by atoms with Gasteiger partial charge >= 0.3 is 0 Å². The van der Waals surface area contributed by atoms with E-state index in [-0.39, 0.29) is 16.8 Å². The van der Waals surface area contributed by atoms with Crippen molar-refractivity contribution < 1.29 is 13.2 Å². The number of aryl methyl sites for hydroxylation is 1. The highest BCUT2D eigenvalue weighted by Crippen LogP contribution is 2.26. The summed E-state index contributed by atoms with van der Waals surface area (Å²) in [6.45, 7) is 3.39. The van der Waals surface area contributed by atoms with Crippen LogP contribution in [0.2, 0.25) is 0 Å². The molecule has 2 aromatic heterocycles. The van der Waals surface area contributed by atoms with Crippen molar-refractivity contribution in [2.45, 2.75) is 18.7 Å². The molecule has 0 saturated carbocycles. The first-order valence-electron chi connectivity index (χ1n) is 8.63. The lowest BCUT2D eigenvalue weighted by Crippen LogP contribution is -2.14. The monoisotopic (exact) mass is 427 g/mol. The van der Waals surface area contributed by atoms with Crippen LogP contribution in [-0.4, -0.2) is 28.9 Å². The molecule has 0 aliphatic heterocycles. The number of hydrogen-bond acceptors (Lipinski definition) is 6. The molecule has 148 valence electrons. The van der Waals surface area contributed by atoms with E-state index < -0.39 is 10.0 Å². The quantitative estimate of drug-likeness (QED) is 0.507. The molecule has 0 atom stereocenters. The Labute approximate surface area is 171 Å². The maximum absolute atomic E-state index is 12.6. The summed E-state index contributed by atoms with van der Waals surface area (Å²) in [5, 5.41) is 8.83. The number of amides is 1. The van der Waals surface area contributed by atoms with Crippen molar-refractivity contribution in [1.29, 1.82) is 0 Å². The molecule has 0 saturated heterocycles. The SMILES string of the molecule is CC(=O)Nc1ccc(S(=O)(=O)Nc2nc3scc(-c4ccc(C)cc4)n3n2)cc1. The molecule has 2 heterocycles. The van der Waals surface area contributed by atoms with Gasteiger partial charge in [0, 0.05) is 23.6 Å². The number of fused-ring (bicyclic) bond motifs is 1. The molecule has 2 aromatic carbocycles. The Bertz CT molecular complexity index is 1290. The Hall–Kier alpha value is -3.24. The minimum Gasteiger partial charge on any atom is -0.326 e. The molecule has 0 aliphatic rings. The third-order valence-corrected chi connectivity index (χ3v) is 6.30. The van der Waals surface area contributed by atoms with Crippen LogP contribution in [0.25, 0.3) is 16.2 Å². The van der Waals surface area contributed by atoms with Gasteiger partial charge in [0.1, 0.15) is 0 Å². The number of thiazole rings is 1. The summed E-state index contributed by atoms with van der Waals surface area (Å²) in [4.78, 5) is 16.0. The van der Waals surface area contributed by atoms with Crippen molar-refractivity contribution in [2.75, 3.05) is 10.0 Å². The van der Waals surface area contributed by atoms with Crippen LogP contribution in [0, 0.1) is 6.92 Å². The van der Waals surface area contributed by atoms with Crippen LogP contribution in [0.3, 0.4) is 0 Å². The summed E-state index contributed by atoms with van der Waals surface area (Å²) >= 11 is 1.38. The van der Waals surface area contributed by atoms with Gasteiger partial charge in [0.15, 0.2) is 0 Å². The van der Waals surface area contributed by atoms with Gasteiger partial charge in [0.25, 0.3) is 16.0 Å². The van der Waals surface area contributed by atoms with E-state index >= 15 is 0 Å². The van der Waals surface area contributed by atoms with Crippen LogP contribution < -0.4 is 10.0 Å². The lowest BCUT2D eigenvalue weighted by Gasteiger charge is -2.06. The van der Waals surface area contributed by atoms with Gasteiger partial charge in [-0.2, -0.15) is 4.98 Å². The average molecular weight is 428 g/mol. The zero-order chi connectivity index (χ0) is 20.6. The molecule has 1 amide bonds. The van der Waals surface area contributed by atoms with Gasteiger partial charge in [-0.3, -0.25) is 4.79 Å². The Morgan fingerprint density at radius 3 is 2.41 bits per heavy atom. The molecule has 10 heteroatoms. The van der Waals surface area contributed by atoms with Crippen LogP contribution in [0.15, 0.2) is 58.8 Å². The summed E-state index contributed by atoms with van der Waals surface area (Å²) in [6, 6.07) is 13.8. The summed E-state index contributed by atoms with van der Waals surface area (Å²) in [5.74, 6) is -0.235.